The maximum Gasteiger partial charge on any atom is 0.342 e. The van der Waals surface area contributed by atoms with E-state index in [0.717, 1.165) is 16.8 Å². The van der Waals surface area contributed by atoms with Gasteiger partial charge in [0.25, 0.3) is 5.56 Å². The van der Waals surface area contributed by atoms with Crippen molar-refractivity contribution in [3.8, 4) is 5.75 Å². The number of hydrogen-bond donors (Lipinski definition) is 0. The number of thiazole rings is 1. The molecule has 0 N–H and O–H groups in total. The Morgan fingerprint density at radius 2 is 1.90 bits per heavy atom. The number of carbonyl (C=O) groups is 1. The number of esters is 1. The molecule has 4 rings (SSSR count). The van der Waals surface area contributed by atoms with E-state index in [-0.39, 0.29) is 12.2 Å². The summed E-state index contributed by atoms with van der Waals surface area (Å²) in [5, 5.41) is 1.86. The molecule has 0 saturated carbocycles. The third-order valence-corrected chi connectivity index (χ3v) is 5.51. The van der Waals surface area contributed by atoms with Crippen LogP contribution in [0.2, 0.25) is 0 Å². The van der Waals surface area contributed by atoms with Crippen molar-refractivity contribution in [2.24, 2.45) is 0 Å². The number of ether oxygens (including phenoxy) is 2. The molecule has 152 valence electrons. The van der Waals surface area contributed by atoms with Crippen LogP contribution in [-0.4, -0.2) is 15.4 Å². The first-order valence-corrected chi connectivity index (χ1v) is 10.3. The summed E-state index contributed by atoms with van der Waals surface area (Å²) in [7, 11) is 0. The van der Waals surface area contributed by atoms with Gasteiger partial charge in [-0.25, -0.2) is 9.78 Å². The van der Waals surface area contributed by atoms with E-state index in [1.165, 1.54) is 21.8 Å². The number of carbonyl (C=O) groups excluding carboxylic acids is 1. The Kier molecular flexibility index (Phi) is 5.63. The van der Waals surface area contributed by atoms with Gasteiger partial charge in [-0.1, -0.05) is 42.0 Å². The largest absolute Gasteiger partial charge is 0.488 e. The van der Waals surface area contributed by atoms with Gasteiger partial charge in [-0.2, -0.15) is 0 Å². The Balaban J connectivity index is 1.47. The van der Waals surface area contributed by atoms with E-state index in [9.17, 15) is 9.59 Å². The predicted octanol–water partition coefficient (Wildman–Crippen LogP) is 4.31. The minimum atomic E-state index is -0.529. The molecule has 2 aromatic carbocycles. The minimum Gasteiger partial charge on any atom is -0.488 e. The Hall–Kier alpha value is -3.45. The summed E-state index contributed by atoms with van der Waals surface area (Å²) in [5.41, 5.74) is 3.54. The molecular weight excluding hydrogens is 400 g/mol. The van der Waals surface area contributed by atoms with Crippen LogP contribution in [0, 0.1) is 13.8 Å². The van der Waals surface area contributed by atoms with Crippen molar-refractivity contribution in [1.82, 2.24) is 9.38 Å². The summed E-state index contributed by atoms with van der Waals surface area (Å²) in [6.07, 6.45) is 0. The molecule has 30 heavy (non-hydrogen) atoms. The van der Waals surface area contributed by atoms with Crippen molar-refractivity contribution >= 4 is 22.3 Å². The van der Waals surface area contributed by atoms with E-state index in [1.54, 1.807) is 24.3 Å². The molecule has 0 spiro atoms. The van der Waals surface area contributed by atoms with Crippen molar-refractivity contribution in [1.29, 1.82) is 0 Å². The molecule has 0 radical (unpaired) electrons. The van der Waals surface area contributed by atoms with E-state index in [1.807, 2.05) is 43.5 Å². The Morgan fingerprint density at radius 1 is 1.07 bits per heavy atom. The van der Waals surface area contributed by atoms with Crippen LogP contribution in [-0.2, 0) is 18.0 Å². The lowest BCUT2D eigenvalue weighted by Gasteiger charge is -2.11. The van der Waals surface area contributed by atoms with Gasteiger partial charge in [0.2, 0.25) is 0 Å². The van der Waals surface area contributed by atoms with Crippen molar-refractivity contribution in [2.45, 2.75) is 27.1 Å². The van der Waals surface area contributed by atoms with Crippen molar-refractivity contribution in [2.75, 3.05) is 0 Å². The normalized spacial score (nSPS) is 10.9. The average Bonchev–Trinajstić information content (AvgIpc) is 3.12. The van der Waals surface area contributed by atoms with Gasteiger partial charge in [0, 0.05) is 17.1 Å². The number of aryl methyl sites for hydroxylation is 2. The van der Waals surface area contributed by atoms with Crippen LogP contribution in [0.1, 0.15) is 32.9 Å². The highest BCUT2D eigenvalue weighted by atomic mass is 32.1. The van der Waals surface area contributed by atoms with Gasteiger partial charge in [-0.15, -0.1) is 11.3 Å². The zero-order chi connectivity index (χ0) is 21.1. The molecule has 0 aliphatic rings. The summed E-state index contributed by atoms with van der Waals surface area (Å²) < 4.78 is 12.8. The molecule has 2 heterocycles. The summed E-state index contributed by atoms with van der Waals surface area (Å²) in [4.78, 5) is 29.9. The van der Waals surface area contributed by atoms with Crippen molar-refractivity contribution in [3.05, 3.63) is 98.4 Å². The first kappa shape index (κ1) is 19.8. The molecule has 0 bridgehead atoms. The second-order valence-electron chi connectivity index (χ2n) is 6.93. The summed E-state index contributed by atoms with van der Waals surface area (Å²) >= 11 is 1.37. The topological polar surface area (TPSA) is 69.9 Å². The lowest BCUT2D eigenvalue weighted by atomic mass is 10.1. The molecule has 0 amide bonds. The number of aromatic nitrogens is 2. The third-order valence-electron chi connectivity index (χ3n) is 4.56. The molecule has 6 nitrogen and oxygen atoms in total. The van der Waals surface area contributed by atoms with Gasteiger partial charge < -0.3 is 9.47 Å². The van der Waals surface area contributed by atoms with Crippen LogP contribution >= 0.6 is 11.3 Å². The number of benzene rings is 2. The molecule has 0 aliphatic heterocycles. The van der Waals surface area contributed by atoms with Gasteiger partial charge in [0.15, 0.2) is 4.96 Å². The van der Waals surface area contributed by atoms with E-state index < -0.39 is 5.97 Å². The van der Waals surface area contributed by atoms with Crippen LogP contribution in [0.3, 0.4) is 0 Å². The van der Waals surface area contributed by atoms with Crippen LogP contribution < -0.4 is 10.3 Å². The van der Waals surface area contributed by atoms with Gasteiger partial charge in [0.1, 0.15) is 24.5 Å². The number of para-hydroxylation sites is 1. The standard InChI is InChI=1S/C23H20N2O4S/c1-15-6-5-7-17(10-15)12-28-20-9-4-3-8-19(20)22(27)29-13-18-11-21(26)25-16(2)14-30-23(25)24-18/h3-11,14H,12-13H2,1-2H3. The molecule has 0 fully saturated rings. The highest BCUT2D eigenvalue weighted by molar-refractivity contribution is 7.15. The number of nitrogens with zero attached hydrogens (tertiary/aromatic N) is 2. The van der Waals surface area contributed by atoms with Gasteiger partial charge >= 0.3 is 5.97 Å². The Bertz CT molecular complexity index is 1280. The molecule has 0 aliphatic carbocycles. The lowest BCUT2D eigenvalue weighted by molar-refractivity contribution is 0.0462. The maximum absolute atomic E-state index is 12.6. The lowest BCUT2D eigenvalue weighted by Crippen LogP contribution is -2.16. The second-order valence-corrected chi connectivity index (χ2v) is 7.77. The fourth-order valence-electron chi connectivity index (χ4n) is 3.12. The monoisotopic (exact) mass is 420 g/mol. The smallest absolute Gasteiger partial charge is 0.342 e. The van der Waals surface area contributed by atoms with Crippen molar-refractivity contribution in [3.63, 3.8) is 0 Å². The van der Waals surface area contributed by atoms with Gasteiger partial charge in [0.05, 0.1) is 5.69 Å². The molecule has 0 saturated heterocycles. The van der Waals surface area contributed by atoms with Gasteiger partial charge in [-0.05, 0) is 31.5 Å². The van der Waals surface area contributed by atoms with E-state index in [4.69, 9.17) is 9.47 Å². The fraction of sp³-hybridized carbons (Fsp3) is 0.174. The SMILES string of the molecule is Cc1cccc(COc2ccccc2C(=O)OCc2cc(=O)n3c(C)csc3n2)c1. The molecular formula is C23H20N2O4S. The highest BCUT2D eigenvalue weighted by Gasteiger charge is 2.15. The first-order valence-electron chi connectivity index (χ1n) is 9.42. The highest BCUT2D eigenvalue weighted by Crippen LogP contribution is 2.21. The fourth-order valence-corrected chi connectivity index (χ4v) is 4.01. The quantitative estimate of drug-likeness (QED) is 0.435. The molecule has 2 aromatic heterocycles. The predicted molar refractivity (Wildman–Crippen MR) is 115 cm³/mol. The molecule has 0 atom stereocenters. The van der Waals surface area contributed by atoms with Crippen LogP contribution in [0.15, 0.2) is 64.8 Å². The zero-order valence-electron chi connectivity index (χ0n) is 16.6. The van der Waals surface area contributed by atoms with Crippen LogP contribution in [0.25, 0.3) is 4.96 Å². The molecule has 0 unspecified atom stereocenters. The van der Waals surface area contributed by atoms with Crippen LogP contribution in [0.5, 0.6) is 5.75 Å². The molecule has 4 aromatic rings. The maximum atomic E-state index is 12.6. The number of hydrogen-bond acceptors (Lipinski definition) is 6. The first-order chi connectivity index (χ1) is 14.5. The summed E-state index contributed by atoms with van der Waals surface area (Å²) in [6.45, 7) is 4.12. The average molecular weight is 420 g/mol. The van der Waals surface area contributed by atoms with E-state index in [2.05, 4.69) is 4.98 Å². The Morgan fingerprint density at radius 3 is 2.73 bits per heavy atom. The van der Waals surface area contributed by atoms with E-state index >= 15 is 0 Å². The number of rotatable bonds is 6. The second kappa shape index (κ2) is 8.51. The summed E-state index contributed by atoms with van der Waals surface area (Å²) in [5.74, 6) is -0.0828. The minimum absolute atomic E-state index is 0.0895. The van der Waals surface area contributed by atoms with Crippen molar-refractivity contribution < 1.29 is 14.3 Å². The third kappa shape index (κ3) is 4.26. The molecule has 7 heteroatoms. The summed E-state index contributed by atoms with van der Waals surface area (Å²) in [6, 6.07) is 16.3. The van der Waals surface area contributed by atoms with Gasteiger partial charge in [-0.3, -0.25) is 9.20 Å². The Labute approximate surface area is 177 Å². The number of fused-ring (bicyclic) bond motifs is 1. The zero-order valence-corrected chi connectivity index (χ0v) is 17.4. The van der Waals surface area contributed by atoms with Crippen LogP contribution in [0.4, 0.5) is 0 Å². The van der Waals surface area contributed by atoms with E-state index in [0.29, 0.717) is 28.6 Å².